The molecule has 2 aromatic rings. The number of amides is 2. The van der Waals surface area contributed by atoms with Crippen LogP contribution in [-0.4, -0.2) is 47.9 Å². The number of benzene rings is 1. The molecule has 0 spiro atoms. The molecule has 6 nitrogen and oxygen atoms in total. The summed E-state index contributed by atoms with van der Waals surface area (Å²) in [6.45, 7) is 3.91. The third-order valence-electron chi connectivity index (χ3n) is 4.51. The number of nitrogens with one attached hydrogen (secondary N) is 1. The number of aromatic nitrogens is 1. The van der Waals surface area contributed by atoms with E-state index in [-0.39, 0.29) is 17.7 Å². The molecule has 3 rings (SSSR count). The Bertz CT molecular complexity index is 757. The summed E-state index contributed by atoms with van der Waals surface area (Å²) >= 11 is 0. The lowest BCUT2D eigenvalue weighted by molar-refractivity contribution is -0.138. The van der Waals surface area contributed by atoms with Gasteiger partial charge in [-0.3, -0.25) is 14.6 Å². The molecule has 1 atom stereocenters. The predicted molar refractivity (Wildman–Crippen MR) is 95.2 cm³/mol. The van der Waals surface area contributed by atoms with Crippen molar-refractivity contribution in [2.75, 3.05) is 26.2 Å². The highest BCUT2D eigenvalue weighted by atomic mass is 16.5. The van der Waals surface area contributed by atoms with E-state index >= 15 is 0 Å². The van der Waals surface area contributed by atoms with Crippen LogP contribution >= 0.6 is 0 Å². The number of carbonyl (C=O) groups is 2. The van der Waals surface area contributed by atoms with Crippen molar-refractivity contribution in [3.63, 3.8) is 0 Å². The number of piperidine rings is 1. The summed E-state index contributed by atoms with van der Waals surface area (Å²) in [5.74, 6) is 0.716. The molecule has 0 bridgehead atoms. The number of likely N-dealkylation sites (tertiary alicyclic amines) is 1. The average molecular weight is 341 g/mol. The topological polar surface area (TPSA) is 71.5 Å². The molecule has 0 unspecified atom stereocenters. The molecule has 132 valence electrons. The van der Waals surface area contributed by atoms with Gasteiger partial charge in [-0.25, -0.2) is 0 Å². The number of nitrogens with zero attached hydrogens (tertiary/aromatic N) is 2. The third-order valence-corrected chi connectivity index (χ3v) is 4.51. The summed E-state index contributed by atoms with van der Waals surface area (Å²) in [6, 6.07) is 9.67. The summed E-state index contributed by atoms with van der Waals surface area (Å²) in [4.78, 5) is 30.0. The fourth-order valence-electron chi connectivity index (χ4n) is 3.11. The van der Waals surface area contributed by atoms with Crippen LogP contribution in [-0.2, 0) is 9.59 Å². The SMILES string of the molecule is CCN1C[C@H](C(=O)NCCOc2cccc3cccnc23)CCC1=O. The van der Waals surface area contributed by atoms with Crippen LogP contribution in [0.5, 0.6) is 5.75 Å². The minimum atomic E-state index is -0.128. The van der Waals surface area contributed by atoms with E-state index in [0.717, 1.165) is 10.9 Å². The maximum absolute atomic E-state index is 12.3. The second kappa shape index (κ2) is 7.96. The lowest BCUT2D eigenvalue weighted by Crippen LogP contribution is -2.46. The molecule has 1 aromatic heterocycles. The van der Waals surface area contributed by atoms with Gasteiger partial charge in [0.05, 0.1) is 12.5 Å². The number of pyridine rings is 1. The van der Waals surface area contributed by atoms with E-state index in [1.165, 1.54) is 0 Å². The smallest absolute Gasteiger partial charge is 0.225 e. The zero-order chi connectivity index (χ0) is 17.6. The summed E-state index contributed by atoms with van der Waals surface area (Å²) in [5.41, 5.74) is 0.820. The van der Waals surface area contributed by atoms with E-state index in [1.807, 2.05) is 37.3 Å². The van der Waals surface area contributed by atoms with Gasteiger partial charge in [0, 0.05) is 31.1 Å². The fraction of sp³-hybridized carbons (Fsp3) is 0.421. The number of hydrogen-bond acceptors (Lipinski definition) is 4. The van der Waals surface area contributed by atoms with Gasteiger partial charge in [0.2, 0.25) is 11.8 Å². The molecule has 1 aromatic carbocycles. The van der Waals surface area contributed by atoms with Crippen molar-refractivity contribution >= 4 is 22.7 Å². The maximum Gasteiger partial charge on any atom is 0.225 e. The van der Waals surface area contributed by atoms with E-state index in [9.17, 15) is 9.59 Å². The molecule has 25 heavy (non-hydrogen) atoms. The van der Waals surface area contributed by atoms with Crippen LogP contribution in [0.1, 0.15) is 19.8 Å². The first-order valence-corrected chi connectivity index (χ1v) is 8.71. The largest absolute Gasteiger partial charge is 0.489 e. The minimum absolute atomic E-state index is 0.00871. The highest BCUT2D eigenvalue weighted by molar-refractivity contribution is 5.84. The Morgan fingerprint density at radius 2 is 2.20 bits per heavy atom. The average Bonchev–Trinajstić information content (AvgIpc) is 2.65. The number of fused-ring (bicyclic) bond motifs is 1. The van der Waals surface area contributed by atoms with Gasteiger partial charge in [0.25, 0.3) is 0 Å². The molecule has 1 aliphatic heterocycles. The van der Waals surface area contributed by atoms with E-state index in [4.69, 9.17) is 4.74 Å². The Hall–Kier alpha value is -2.63. The van der Waals surface area contributed by atoms with Crippen molar-refractivity contribution in [2.45, 2.75) is 19.8 Å². The Balaban J connectivity index is 1.48. The van der Waals surface area contributed by atoms with Crippen molar-refractivity contribution in [3.05, 3.63) is 36.5 Å². The van der Waals surface area contributed by atoms with Crippen LogP contribution in [0, 0.1) is 5.92 Å². The summed E-state index contributed by atoms with van der Waals surface area (Å²) in [7, 11) is 0. The van der Waals surface area contributed by atoms with Gasteiger partial charge >= 0.3 is 0 Å². The molecule has 2 amide bonds. The van der Waals surface area contributed by atoms with Crippen LogP contribution < -0.4 is 10.1 Å². The van der Waals surface area contributed by atoms with Crippen molar-refractivity contribution in [2.24, 2.45) is 5.92 Å². The zero-order valence-electron chi connectivity index (χ0n) is 14.4. The Labute approximate surface area is 147 Å². The van der Waals surface area contributed by atoms with Crippen LogP contribution in [0.15, 0.2) is 36.5 Å². The maximum atomic E-state index is 12.3. The summed E-state index contributed by atoms with van der Waals surface area (Å²) < 4.78 is 5.77. The first-order valence-electron chi connectivity index (χ1n) is 8.71. The van der Waals surface area contributed by atoms with Crippen molar-refractivity contribution in [1.29, 1.82) is 0 Å². The molecular weight excluding hydrogens is 318 g/mol. The van der Waals surface area contributed by atoms with Gasteiger partial charge in [-0.15, -0.1) is 0 Å². The molecule has 1 aliphatic rings. The van der Waals surface area contributed by atoms with E-state index in [1.54, 1.807) is 11.1 Å². The van der Waals surface area contributed by atoms with Crippen LogP contribution in [0.4, 0.5) is 0 Å². The van der Waals surface area contributed by atoms with Gasteiger partial charge in [-0.05, 0) is 25.5 Å². The van der Waals surface area contributed by atoms with Crippen LogP contribution in [0.3, 0.4) is 0 Å². The molecule has 1 saturated heterocycles. The number of carbonyl (C=O) groups excluding carboxylic acids is 2. The number of ether oxygens (including phenoxy) is 1. The van der Waals surface area contributed by atoms with E-state index in [0.29, 0.717) is 44.8 Å². The van der Waals surface area contributed by atoms with Crippen molar-refractivity contribution in [1.82, 2.24) is 15.2 Å². The van der Waals surface area contributed by atoms with Gasteiger partial charge < -0.3 is 15.0 Å². The van der Waals surface area contributed by atoms with E-state index < -0.39 is 0 Å². The molecule has 2 heterocycles. The molecule has 0 radical (unpaired) electrons. The number of hydrogen-bond donors (Lipinski definition) is 1. The third kappa shape index (κ3) is 4.07. The normalized spacial score (nSPS) is 17.6. The Morgan fingerprint density at radius 3 is 3.04 bits per heavy atom. The quantitative estimate of drug-likeness (QED) is 0.816. The van der Waals surface area contributed by atoms with E-state index in [2.05, 4.69) is 10.3 Å². The number of rotatable bonds is 6. The molecule has 0 aliphatic carbocycles. The molecule has 6 heteroatoms. The van der Waals surface area contributed by atoms with Gasteiger partial charge in [-0.2, -0.15) is 0 Å². The van der Waals surface area contributed by atoms with Crippen LogP contribution in [0.2, 0.25) is 0 Å². The molecule has 1 N–H and O–H groups in total. The zero-order valence-corrected chi connectivity index (χ0v) is 14.4. The summed E-state index contributed by atoms with van der Waals surface area (Å²) in [5, 5.41) is 3.93. The predicted octanol–water partition coefficient (Wildman–Crippen LogP) is 1.99. The first kappa shape index (κ1) is 17.2. The lowest BCUT2D eigenvalue weighted by Gasteiger charge is -2.31. The number of para-hydroxylation sites is 1. The van der Waals surface area contributed by atoms with Crippen LogP contribution in [0.25, 0.3) is 10.9 Å². The highest BCUT2D eigenvalue weighted by Gasteiger charge is 2.28. The summed E-state index contributed by atoms with van der Waals surface area (Å²) in [6.07, 6.45) is 2.81. The highest BCUT2D eigenvalue weighted by Crippen LogP contribution is 2.22. The molecule has 1 fully saturated rings. The van der Waals surface area contributed by atoms with Crippen molar-refractivity contribution in [3.8, 4) is 5.75 Å². The van der Waals surface area contributed by atoms with Gasteiger partial charge in [0.15, 0.2) is 0 Å². The lowest BCUT2D eigenvalue weighted by atomic mass is 9.96. The monoisotopic (exact) mass is 341 g/mol. The van der Waals surface area contributed by atoms with Crippen molar-refractivity contribution < 1.29 is 14.3 Å². The minimum Gasteiger partial charge on any atom is -0.489 e. The fourth-order valence-corrected chi connectivity index (χ4v) is 3.11. The standard InChI is InChI=1S/C19H23N3O3/c1-2-22-13-15(8-9-17(22)23)19(24)21-11-12-25-16-7-3-5-14-6-4-10-20-18(14)16/h3-7,10,15H,2,8-9,11-13H2,1H3,(H,21,24)/t15-/m1/s1. The van der Waals surface area contributed by atoms with Gasteiger partial charge in [-0.1, -0.05) is 18.2 Å². The second-order valence-corrected chi connectivity index (χ2v) is 6.14. The second-order valence-electron chi connectivity index (χ2n) is 6.14. The Kier molecular flexibility index (Phi) is 5.48. The van der Waals surface area contributed by atoms with Gasteiger partial charge in [0.1, 0.15) is 17.9 Å². The molecule has 0 saturated carbocycles. The molecular formula is C19H23N3O3. The first-order chi connectivity index (χ1) is 12.2. The Morgan fingerprint density at radius 1 is 1.36 bits per heavy atom.